The summed E-state index contributed by atoms with van der Waals surface area (Å²) < 4.78 is 0. The minimum atomic E-state index is -0.753. The first-order valence-corrected chi connectivity index (χ1v) is 4.59. The highest BCUT2D eigenvalue weighted by molar-refractivity contribution is 5.69. The summed E-state index contributed by atoms with van der Waals surface area (Å²) in [5, 5.41) is 8.27. The van der Waals surface area contributed by atoms with Crippen molar-refractivity contribution in [2.75, 3.05) is 7.05 Å². The maximum Gasteiger partial charge on any atom is 0.307 e. The molecule has 0 aromatic rings. The van der Waals surface area contributed by atoms with Crippen LogP contribution in [0.3, 0.4) is 0 Å². The molecule has 1 N–H and O–H groups in total. The number of hydrogen-bond acceptors (Lipinski definition) is 2. The monoisotopic (exact) mass is 211 g/mol. The van der Waals surface area contributed by atoms with E-state index < -0.39 is 5.97 Å². The van der Waals surface area contributed by atoms with Crippen LogP contribution in [0.25, 0.3) is 0 Å². The van der Waals surface area contributed by atoms with Crippen molar-refractivity contribution in [1.29, 1.82) is 0 Å². The van der Waals surface area contributed by atoms with Gasteiger partial charge in [-0.2, -0.15) is 0 Å². The van der Waals surface area contributed by atoms with Crippen LogP contribution in [-0.2, 0) is 4.79 Å². The lowest BCUT2D eigenvalue weighted by Crippen LogP contribution is -1.94. The lowest BCUT2D eigenvalue weighted by molar-refractivity contribution is -0.136. The van der Waals surface area contributed by atoms with Gasteiger partial charge >= 0.3 is 5.97 Å². The van der Waals surface area contributed by atoms with Crippen LogP contribution < -0.4 is 0 Å². The van der Waals surface area contributed by atoms with Crippen molar-refractivity contribution < 1.29 is 9.90 Å². The maximum absolute atomic E-state index is 10.0. The zero-order valence-corrected chi connectivity index (χ0v) is 10.1. The Morgan fingerprint density at radius 1 is 1.67 bits per heavy atom. The lowest BCUT2D eigenvalue weighted by Gasteiger charge is -1.92. The average Bonchev–Trinajstić information content (AvgIpc) is 2.05. The SMILES string of the molecule is C#CC.C=NC.CC/C=C(\C)CC(=O)O. The zero-order valence-electron chi connectivity index (χ0n) is 10.1. The Morgan fingerprint density at radius 2 is 2.00 bits per heavy atom. The van der Waals surface area contributed by atoms with E-state index in [0.29, 0.717) is 0 Å². The molecule has 0 heterocycles. The highest BCUT2D eigenvalue weighted by atomic mass is 16.4. The summed E-state index contributed by atoms with van der Waals surface area (Å²) in [6, 6.07) is 0. The van der Waals surface area contributed by atoms with Crippen LogP contribution in [0, 0.1) is 12.3 Å². The minimum absolute atomic E-state index is 0.174. The molecule has 0 radical (unpaired) electrons. The van der Waals surface area contributed by atoms with Crippen molar-refractivity contribution in [2.24, 2.45) is 4.99 Å². The minimum Gasteiger partial charge on any atom is -0.481 e. The number of terminal acetylenes is 1. The van der Waals surface area contributed by atoms with Gasteiger partial charge in [-0.1, -0.05) is 18.6 Å². The molecule has 0 saturated carbocycles. The number of rotatable bonds is 3. The van der Waals surface area contributed by atoms with Gasteiger partial charge in [0.25, 0.3) is 0 Å². The van der Waals surface area contributed by atoms with E-state index in [0.717, 1.165) is 12.0 Å². The Labute approximate surface area is 92.9 Å². The third kappa shape index (κ3) is 45.8. The van der Waals surface area contributed by atoms with Crippen molar-refractivity contribution in [1.82, 2.24) is 0 Å². The van der Waals surface area contributed by atoms with Crippen LogP contribution in [0.1, 0.15) is 33.6 Å². The highest BCUT2D eigenvalue weighted by Crippen LogP contribution is 1.99. The summed E-state index contributed by atoms with van der Waals surface area (Å²) in [6.45, 7) is 8.59. The topological polar surface area (TPSA) is 49.7 Å². The zero-order chi connectivity index (χ0) is 12.7. The van der Waals surface area contributed by atoms with Crippen molar-refractivity contribution in [3.05, 3.63) is 11.6 Å². The molecule has 0 fully saturated rings. The summed E-state index contributed by atoms with van der Waals surface area (Å²) in [6.07, 6.45) is 7.61. The third-order valence-electron chi connectivity index (χ3n) is 0.983. The van der Waals surface area contributed by atoms with Gasteiger partial charge in [0.05, 0.1) is 6.42 Å². The quantitative estimate of drug-likeness (QED) is 0.443. The number of hydrogen-bond donors (Lipinski definition) is 1. The van der Waals surface area contributed by atoms with E-state index in [1.165, 1.54) is 0 Å². The normalized spacial score (nSPS) is 8.33. The first kappa shape index (κ1) is 19.1. The van der Waals surface area contributed by atoms with Crippen LogP contribution in [0.4, 0.5) is 0 Å². The summed E-state index contributed by atoms with van der Waals surface area (Å²) in [5.74, 6) is 1.50. The van der Waals surface area contributed by atoms with Gasteiger partial charge in [-0.15, -0.1) is 12.3 Å². The van der Waals surface area contributed by atoms with Gasteiger partial charge in [0.15, 0.2) is 0 Å². The van der Waals surface area contributed by atoms with Crippen molar-refractivity contribution in [3.8, 4) is 12.3 Å². The second-order valence-electron chi connectivity index (χ2n) is 2.63. The third-order valence-corrected chi connectivity index (χ3v) is 0.983. The van der Waals surface area contributed by atoms with Gasteiger partial charge in [0.1, 0.15) is 0 Å². The Hall–Kier alpha value is -1.56. The molecular formula is C12H21NO2. The van der Waals surface area contributed by atoms with Crippen LogP contribution in [0.2, 0.25) is 0 Å². The van der Waals surface area contributed by atoms with Crippen molar-refractivity contribution >= 4 is 12.7 Å². The van der Waals surface area contributed by atoms with Gasteiger partial charge in [-0.25, -0.2) is 0 Å². The molecule has 0 aromatic heterocycles. The van der Waals surface area contributed by atoms with Gasteiger partial charge in [-0.3, -0.25) is 4.79 Å². The molecule has 86 valence electrons. The molecular weight excluding hydrogens is 190 g/mol. The number of carbonyl (C=O) groups is 1. The number of carboxylic acids is 1. The van der Waals surface area contributed by atoms with E-state index >= 15 is 0 Å². The Bertz CT molecular complexity index is 224. The van der Waals surface area contributed by atoms with Crippen LogP contribution >= 0.6 is 0 Å². The van der Waals surface area contributed by atoms with E-state index in [2.05, 4.69) is 24.1 Å². The summed E-state index contributed by atoms with van der Waals surface area (Å²) >= 11 is 0. The molecule has 0 rings (SSSR count). The first-order valence-electron chi connectivity index (χ1n) is 4.59. The molecule has 0 aromatic carbocycles. The lowest BCUT2D eigenvalue weighted by atomic mass is 10.2. The second-order valence-corrected chi connectivity index (χ2v) is 2.63. The second kappa shape index (κ2) is 18.3. The molecule has 0 saturated heterocycles. The molecule has 0 aliphatic heterocycles. The number of nitrogens with zero attached hydrogens (tertiary/aromatic N) is 1. The van der Waals surface area contributed by atoms with Gasteiger partial charge in [-0.05, 0) is 27.0 Å². The van der Waals surface area contributed by atoms with Gasteiger partial charge in [0, 0.05) is 7.05 Å². The van der Waals surface area contributed by atoms with Gasteiger partial charge in [0.2, 0.25) is 0 Å². The molecule has 0 amide bonds. The Morgan fingerprint density at radius 3 is 2.20 bits per heavy atom. The van der Waals surface area contributed by atoms with Crippen molar-refractivity contribution in [2.45, 2.75) is 33.6 Å². The average molecular weight is 211 g/mol. The molecule has 0 unspecified atom stereocenters. The predicted molar refractivity (Wildman–Crippen MR) is 66.3 cm³/mol. The highest BCUT2D eigenvalue weighted by Gasteiger charge is 1.95. The molecule has 15 heavy (non-hydrogen) atoms. The van der Waals surface area contributed by atoms with Gasteiger partial charge < -0.3 is 10.1 Å². The van der Waals surface area contributed by atoms with Crippen LogP contribution in [0.15, 0.2) is 16.6 Å². The van der Waals surface area contributed by atoms with E-state index in [-0.39, 0.29) is 6.42 Å². The van der Waals surface area contributed by atoms with Crippen LogP contribution in [-0.4, -0.2) is 24.8 Å². The fourth-order valence-corrected chi connectivity index (χ4v) is 0.659. The number of allylic oxidation sites excluding steroid dienone is 1. The van der Waals surface area contributed by atoms with E-state index in [9.17, 15) is 4.79 Å². The molecule has 0 aliphatic rings. The predicted octanol–water partition coefficient (Wildman–Crippen LogP) is 2.77. The molecule has 0 spiro atoms. The van der Waals surface area contributed by atoms with Crippen LogP contribution in [0.5, 0.6) is 0 Å². The first-order chi connectivity index (χ1) is 6.99. The standard InChI is InChI=1S/C7H12O2.C3H4.C2H5N/c1-3-4-6(2)5-7(8)9;2*1-3-2/h4H,3,5H2,1-2H3,(H,8,9);1H,2H3;1H2,2H3/b6-4+;;. The van der Waals surface area contributed by atoms with E-state index in [1.807, 2.05) is 19.9 Å². The molecule has 0 aliphatic carbocycles. The summed E-state index contributed by atoms with van der Waals surface area (Å²) in [4.78, 5) is 13.3. The molecule has 0 atom stereocenters. The number of aliphatic carboxylic acids is 1. The van der Waals surface area contributed by atoms with E-state index in [1.54, 1.807) is 14.0 Å². The maximum atomic E-state index is 10.0. The largest absolute Gasteiger partial charge is 0.481 e. The number of aliphatic imine (C=N–C) groups is 1. The van der Waals surface area contributed by atoms with Crippen molar-refractivity contribution in [3.63, 3.8) is 0 Å². The summed E-state index contributed by atoms with van der Waals surface area (Å²) in [5.41, 5.74) is 0.935. The molecule has 3 heteroatoms. The Balaban J connectivity index is -0.000000200. The smallest absolute Gasteiger partial charge is 0.307 e. The Kier molecular flexibility index (Phi) is 23.2. The summed E-state index contributed by atoms with van der Waals surface area (Å²) in [7, 11) is 1.64. The fraction of sp³-hybridized carbons (Fsp3) is 0.500. The molecule has 3 nitrogen and oxygen atoms in total. The fourth-order valence-electron chi connectivity index (χ4n) is 0.659. The molecule has 0 bridgehead atoms. The number of carboxylic acid groups (broad SMARTS) is 1. The van der Waals surface area contributed by atoms with E-state index in [4.69, 9.17) is 5.11 Å².